The van der Waals surface area contributed by atoms with Crippen molar-refractivity contribution in [2.45, 2.75) is 4.90 Å². The SMILES string of the molecule is COC(=O)c1c(S)cncc1C#N. The molecule has 0 aliphatic rings. The Morgan fingerprint density at radius 2 is 2.38 bits per heavy atom. The van der Waals surface area contributed by atoms with Crippen LogP contribution in [0.2, 0.25) is 0 Å². The third-order valence-electron chi connectivity index (χ3n) is 1.44. The first-order valence-electron chi connectivity index (χ1n) is 3.36. The fraction of sp³-hybridized carbons (Fsp3) is 0.125. The molecule has 0 N–H and O–H groups in total. The summed E-state index contributed by atoms with van der Waals surface area (Å²) in [6.45, 7) is 0. The van der Waals surface area contributed by atoms with E-state index in [1.54, 1.807) is 0 Å². The minimum absolute atomic E-state index is 0.156. The number of pyridine rings is 1. The molecule has 0 unspecified atom stereocenters. The number of esters is 1. The second-order valence-electron chi connectivity index (χ2n) is 2.18. The van der Waals surface area contributed by atoms with E-state index in [2.05, 4.69) is 22.3 Å². The highest BCUT2D eigenvalue weighted by molar-refractivity contribution is 7.80. The van der Waals surface area contributed by atoms with Crippen LogP contribution in [0, 0.1) is 11.3 Å². The first-order valence-corrected chi connectivity index (χ1v) is 3.80. The number of hydrogen-bond donors (Lipinski definition) is 1. The predicted molar refractivity (Wildman–Crippen MR) is 47.5 cm³/mol. The van der Waals surface area contributed by atoms with Crippen LogP contribution in [0.15, 0.2) is 17.3 Å². The molecule has 0 atom stereocenters. The van der Waals surface area contributed by atoms with Crippen LogP contribution in [0.4, 0.5) is 0 Å². The Kier molecular flexibility index (Phi) is 2.88. The van der Waals surface area contributed by atoms with Gasteiger partial charge in [0, 0.05) is 17.3 Å². The summed E-state index contributed by atoms with van der Waals surface area (Å²) in [4.78, 5) is 15.2. The average molecular weight is 194 g/mol. The second kappa shape index (κ2) is 3.92. The zero-order chi connectivity index (χ0) is 9.84. The topological polar surface area (TPSA) is 63.0 Å². The van der Waals surface area contributed by atoms with Gasteiger partial charge in [0.1, 0.15) is 6.07 Å². The Balaban J connectivity index is 3.33. The Morgan fingerprint density at radius 3 is 2.92 bits per heavy atom. The number of nitrogens with zero attached hydrogens (tertiary/aromatic N) is 2. The van der Waals surface area contributed by atoms with Gasteiger partial charge in [-0.3, -0.25) is 4.98 Å². The van der Waals surface area contributed by atoms with Crippen molar-refractivity contribution in [3.05, 3.63) is 23.5 Å². The van der Waals surface area contributed by atoms with Crippen LogP contribution in [-0.2, 0) is 4.74 Å². The summed E-state index contributed by atoms with van der Waals surface area (Å²) < 4.78 is 4.49. The molecule has 66 valence electrons. The average Bonchev–Trinajstić information content (AvgIpc) is 2.16. The number of ether oxygens (including phenoxy) is 1. The third kappa shape index (κ3) is 1.79. The lowest BCUT2D eigenvalue weighted by molar-refractivity contribution is 0.0596. The molecule has 0 aromatic carbocycles. The van der Waals surface area contributed by atoms with Crippen LogP contribution >= 0.6 is 12.6 Å². The van der Waals surface area contributed by atoms with Crippen molar-refractivity contribution in [2.75, 3.05) is 7.11 Å². The van der Waals surface area contributed by atoms with Crippen molar-refractivity contribution < 1.29 is 9.53 Å². The van der Waals surface area contributed by atoms with Crippen LogP contribution in [0.1, 0.15) is 15.9 Å². The molecule has 0 spiro atoms. The third-order valence-corrected chi connectivity index (χ3v) is 1.77. The Labute approximate surface area is 80.6 Å². The van der Waals surface area contributed by atoms with E-state index in [0.29, 0.717) is 4.90 Å². The molecule has 13 heavy (non-hydrogen) atoms. The lowest BCUT2D eigenvalue weighted by Crippen LogP contribution is -2.05. The highest BCUT2D eigenvalue weighted by Gasteiger charge is 2.15. The number of hydrogen-bond acceptors (Lipinski definition) is 5. The number of nitriles is 1. The summed E-state index contributed by atoms with van der Waals surface area (Å²) in [6, 6.07) is 1.84. The van der Waals surface area contributed by atoms with Crippen molar-refractivity contribution in [2.24, 2.45) is 0 Å². The normalized spacial score (nSPS) is 9.00. The molecule has 0 saturated carbocycles. The van der Waals surface area contributed by atoms with Gasteiger partial charge in [-0.2, -0.15) is 5.26 Å². The molecule has 0 radical (unpaired) electrons. The standard InChI is InChI=1S/C8H6N2O2S/c1-12-8(11)7-5(2-9)3-10-4-6(7)13/h3-4,13H,1H3. The summed E-state index contributed by atoms with van der Waals surface area (Å²) in [7, 11) is 1.25. The van der Waals surface area contributed by atoms with Crippen molar-refractivity contribution in [1.29, 1.82) is 5.26 Å². The van der Waals surface area contributed by atoms with Gasteiger partial charge in [0.2, 0.25) is 0 Å². The molecule has 0 bridgehead atoms. The summed E-state index contributed by atoms with van der Waals surface area (Å²) in [5.74, 6) is -0.580. The molecule has 4 nitrogen and oxygen atoms in total. The quantitative estimate of drug-likeness (QED) is 0.535. The molecule has 1 rings (SSSR count). The van der Waals surface area contributed by atoms with E-state index in [-0.39, 0.29) is 11.1 Å². The maximum atomic E-state index is 11.2. The molecule has 1 heterocycles. The van der Waals surface area contributed by atoms with Gasteiger partial charge < -0.3 is 4.74 Å². The van der Waals surface area contributed by atoms with Crippen LogP contribution in [0.5, 0.6) is 0 Å². The Hall–Kier alpha value is -1.54. The highest BCUT2D eigenvalue weighted by Crippen LogP contribution is 2.16. The smallest absolute Gasteiger partial charge is 0.340 e. The van der Waals surface area contributed by atoms with Gasteiger partial charge in [0.15, 0.2) is 0 Å². The lowest BCUT2D eigenvalue weighted by atomic mass is 10.1. The van der Waals surface area contributed by atoms with E-state index in [1.807, 2.05) is 6.07 Å². The summed E-state index contributed by atoms with van der Waals surface area (Å²) >= 11 is 4.00. The number of methoxy groups -OCH3 is 1. The maximum absolute atomic E-state index is 11.2. The lowest BCUT2D eigenvalue weighted by Gasteiger charge is -2.02. The molecule has 0 aliphatic heterocycles. The molecule has 5 heteroatoms. The molecule has 0 aliphatic carbocycles. The fourth-order valence-electron chi connectivity index (χ4n) is 0.851. The zero-order valence-electron chi connectivity index (χ0n) is 6.81. The van der Waals surface area contributed by atoms with Gasteiger partial charge >= 0.3 is 5.97 Å². The monoisotopic (exact) mass is 194 g/mol. The van der Waals surface area contributed by atoms with E-state index >= 15 is 0 Å². The Bertz CT molecular complexity index is 384. The summed E-state index contributed by atoms with van der Waals surface area (Å²) in [5, 5.41) is 8.66. The van der Waals surface area contributed by atoms with E-state index in [1.165, 1.54) is 19.5 Å². The molecular formula is C8H6N2O2S. The molecule has 1 aromatic heterocycles. The maximum Gasteiger partial charge on any atom is 0.340 e. The first-order chi connectivity index (χ1) is 6.20. The van der Waals surface area contributed by atoms with Crippen molar-refractivity contribution >= 4 is 18.6 Å². The van der Waals surface area contributed by atoms with Crippen molar-refractivity contribution in [1.82, 2.24) is 4.98 Å². The van der Waals surface area contributed by atoms with Crippen LogP contribution in [-0.4, -0.2) is 18.1 Å². The van der Waals surface area contributed by atoms with E-state index in [0.717, 1.165) is 0 Å². The van der Waals surface area contributed by atoms with Crippen LogP contribution in [0.3, 0.4) is 0 Å². The number of carbonyl (C=O) groups excluding carboxylic acids is 1. The minimum atomic E-state index is -0.580. The highest BCUT2D eigenvalue weighted by atomic mass is 32.1. The van der Waals surface area contributed by atoms with Gasteiger partial charge in [-0.15, -0.1) is 12.6 Å². The minimum Gasteiger partial charge on any atom is -0.465 e. The molecular weight excluding hydrogens is 188 g/mol. The van der Waals surface area contributed by atoms with Gasteiger partial charge in [-0.05, 0) is 0 Å². The van der Waals surface area contributed by atoms with Crippen molar-refractivity contribution in [3.63, 3.8) is 0 Å². The molecule has 0 amide bonds. The van der Waals surface area contributed by atoms with Gasteiger partial charge in [0.05, 0.1) is 18.2 Å². The van der Waals surface area contributed by atoms with Crippen LogP contribution in [0.25, 0.3) is 0 Å². The van der Waals surface area contributed by atoms with Crippen LogP contribution < -0.4 is 0 Å². The molecule has 1 aromatic rings. The number of carbonyl (C=O) groups is 1. The predicted octanol–water partition coefficient (Wildman–Crippen LogP) is 1.03. The Morgan fingerprint density at radius 1 is 1.69 bits per heavy atom. The molecule has 0 saturated heterocycles. The summed E-state index contributed by atoms with van der Waals surface area (Å²) in [5.41, 5.74) is 0.322. The van der Waals surface area contributed by atoms with Gasteiger partial charge in [-0.25, -0.2) is 4.79 Å². The largest absolute Gasteiger partial charge is 0.465 e. The number of aromatic nitrogens is 1. The zero-order valence-corrected chi connectivity index (χ0v) is 7.71. The summed E-state index contributed by atoms with van der Waals surface area (Å²) in [6.07, 6.45) is 2.68. The number of rotatable bonds is 1. The fourth-order valence-corrected chi connectivity index (χ4v) is 1.13. The van der Waals surface area contributed by atoms with Gasteiger partial charge in [0.25, 0.3) is 0 Å². The van der Waals surface area contributed by atoms with Crippen molar-refractivity contribution in [3.8, 4) is 6.07 Å². The van der Waals surface area contributed by atoms with Gasteiger partial charge in [-0.1, -0.05) is 0 Å². The van der Waals surface area contributed by atoms with E-state index in [9.17, 15) is 4.79 Å². The van der Waals surface area contributed by atoms with E-state index in [4.69, 9.17) is 5.26 Å². The van der Waals surface area contributed by atoms with E-state index < -0.39 is 5.97 Å². The number of thiol groups is 1. The first kappa shape index (κ1) is 9.55. The molecule has 0 fully saturated rings. The second-order valence-corrected chi connectivity index (χ2v) is 2.67.